The van der Waals surface area contributed by atoms with Crippen LogP contribution in [0.25, 0.3) is 0 Å². The number of urea groups is 1. The molecule has 2 fully saturated rings. The van der Waals surface area contributed by atoms with Crippen molar-refractivity contribution in [3.8, 4) is 5.75 Å². The number of halogens is 5. The van der Waals surface area contributed by atoms with E-state index in [9.17, 15) is 22.8 Å². The van der Waals surface area contributed by atoms with Crippen LogP contribution in [0.4, 0.5) is 18.0 Å². The number of amidine groups is 1. The Hall–Kier alpha value is -4.17. The fraction of sp³-hybridized carbons (Fsp3) is 0.421. The van der Waals surface area contributed by atoms with E-state index in [1.54, 1.807) is 55.5 Å². The summed E-state index contributed by atoms with van der Waals surface area (Å²) in [7, 11) is 0. The SMILES string of the molecule is CCOc1cc(C(F)(F)F)ccc1C1=NC(c2ccc(Cl)cc2)C(c2ccc(Cl)cc2)N1C(=O)N(C(=O)CNC(=O)C1CCNCC1)C1CCNCC1. The molecule has 6 rings (SSSR count). The van der Waals surface area contributed by atoms with Gasteiger partial charge in [0.2, 0.25) is 11.8 Å². The second-order valence-electron chi connectivity index (χ2n) is 13.2. The van der Waals surface area contributed by atoms with Crippen LogP contribution in [0.15, 0.2) is 71.7 Å². The highest BCUT2D eigenvalue weighted by atomic mass is 35.5. The standard InChI is InChI=1S/C38H41Cl2F3N6O4/c1-2-53-31-21-26(38(41,42)43)7-12-30(31)35-47-33(23-3-8-27(39)9-4-23)34(24-5-10-28(40)11-6-24)49(35)37(52)48(29-15-19-45-20-16-29)32(50)22-46-36(51)25-13-17-44-18-14-25/h3-12,21,25,29,33-34,44-45H,2,13-20,22H2,1H3,(H,46,51). The Balaban J connectivity index is 1.48. The van der Waals surface area contributed by atoms with Crippen LogP contribution < -0.4 is 20.7 Å². The van der Waals surface area contributed by atoms with Crippen molar-refractivity contribution >= 4 is 46.9 Å². The van der Waals surface area contributed by atoms with Crippen molar-refractivity contribution < 1.29 is 32.3 Å². The quantitative estimate of drug-likeness (QED) is 0.221. The number of imide groups is 1. The smallest absolute Gasteiger partial charge is 0.416 e. The van der Waals surface area contributed by atoms with Crippen LogP contribution in [0.2, 0.25) is 10.0 Å². The van der Waals surface area contributed by atoms with Crippen LogP contribution in [-0.4, -0.2) is 78.9 Å². The number of benzene rings is 3. The molecule has 3 aromatic carbocycles. The molecule has 15 heteroatoms. The van der Waals surface area contributed by atoms with E-state index in [2.05, 4.69) is 16.0 Å². The molecule has 0 aliphatic carbocycles. The second kappa shape index (κ2) is 16.9. The lowest BCUT2D eigenvalue weighted by Crippen LogP contribution is -2.57. The maximum absolute atomic E-state index is 15.3. The van der Waals surface area contributed by atoms with Gasteiger partial charge in [0.25, 0.3) is 0 Å². The van der Waals surface area contributed by atoms with Gasteiger partial charge in [-0.15, -0.1) is 0 Å². The summed E-state index contributed by atoms with van der Waals surface area (Å²) >= 11 is 12.6. The predicted molar refractivity (Wildman–Crippen MR) is 196 cm³/mol. The zero-order valence-electron chi connectivity index (χ0n) is 29.1. The minimum Gasteiger partial charge on any atom is -0.493 e. The molecule has 282 valence electrons. The molecule has 3 heterocycles. The van der Waals surface area contributed by atoms with E-state index in [1.807, 2.05) is 0 Å². The molecular weight excluding hydrogens is 732 g/mol. The number of piperidine rings is 2. The maximum atomic E-state index is 15.3. The van der Waals surface area contributed by atoms with Crippen LogP contribution in [0, 0.1) is 5.92 Å². The largest absolute Gasteiger partial charge is 0.493 e. The summed E-state index contributed by atoms with van der Waals surface area (Å²) in [6.07, 6.45) is -2.48. The number of amides is 4. The molecule has 3 N–H and O–H groups in total. The highest BCUT2D eigenvalue weighted by Gasteiger charge is 2.47. The number of nitrogens with one attached hydrogen (secondary N) is 3. The highest BCUT2D eigenvalue weighted by molar-refractivity contribution is 6.30. The Labute approximate surface area is 316 Å². The van der Waals surface area contributed by atoms with Crippen molar-refractivity contribution in [2.45, 2.75) is 56.9 Å². The first-order valence-electron chi connectivity index (χ1n) is 17.7. The molecule has 4 amide bonds. The third-order valence-electron chi connectivity index (χ3n) is 9.82. The van der Waals surface area contributed by atoms with Crippen LogP contribution >= 0.6 is 23.2 Å². The summed E-state index contributed by atoms with van der Waals surface area (Å²) in [5.41, 5.74) is 0.491. The number of alkyl halides is 3. The number of aliphatic imine (C=N–C) groups is 1. The van der Waals surface area contributed by atoms with E-state index in [4.69, 9.17) is 32.9 Å². The topological polar surface area (TPSA) is 115 Å². The number of hydrogen-bond donors (Lipinski definition) is 3. The third kappa shape index (κ3) is 8.80. The molecule has 3 aliphatic rings. The van der Waals surface area contributed by atoms with Crippen LogP contribution in [0.3, 0.4) is 0 Å². The number of carbonyl (C=O) groups excluding carboxylic acids is 3. The molecule has 0 spiro atoms. The first kappa shape index (κ1) is 38.6. The number of carbonyl (C=O) groups is 3. The first-order valence-corrected chi connectivity index (χ1v) is 18.5. The van der Waals surface area contributed by atoms with Crippen LogP contribution in [0.1, 0.15) is 66.9 Å². The van der Waals surface area contributed by atoms with Crippen molar-refractivity contribution in [3.05, 3.63) is 99.0 Å². The molecule has 0 aromatic heterocycles. The maximum Gasteiger partial charge on any atom is 0.416 e. The molecule has 0 saturated carbocycles. The minimum absolute atomic E-state index is 0.0255. The normalized spacial score (nSPS) is 19.8. The van der Waals surface area contributed by atoms with Gasteiger partial charge in [-0.3, -0.25) is 24.4 Å². The number of ether oxygens (including phenoxy) is 1. The van der Waals surface area contributed by atoms with E-state index in [1.165, 1.54) is 15.9 Å². The summed E-state index contributed by atoms with van der Waals surface area (Å²) in [4.78, 5) is 50.3. The zero-order chi connectivity index (χ0) is 37.7. The summed E-state index contributed by atoms with van der Waals surface area (Å²) < 4.78 is 47.6. The van der Waals surface area contributed by atoms with Crippen molar-refractivity contribution in [1.29, 1.82) is 0 Å². The number of nitrogens with zero attached hydrogens (tertiary/aromatic N) is 3. The monoisotopic (exact) mass is 772 g/mol. The van der Waals surface area contributed by atoms with Gasteiger partial charge in [-0.25, -0.2) is 4.79 Å². The van der Waals surface area contributed by atoms with Crippen LogP contribution in [0.5, 0.6) is 5.75 Å². The lowest BCUT2D eigenvalue weighted by Gasteiger charge is -2.38. The average molecular weight is 774 g/mol. The van der Waals surface area contributed by atoms with E-state index >= 15 is 4.79 Å². The lowest BCUT2D eigenvalue weighted by atomic mass is 9.93. The molecule has 3 aromatic rings. The summed E-state index contributed by atoms with van der Waals surface area (Å²) in [6, 6.07) is 13.9. The molecule has 2 atom stereocenters. The van der Waals surface area contributed by atoms with Crippen LogP contribution in [-0.2, 0) is 15.8 Å². The van der Waals surface area contributed by atoms with Gasteiger partial charge in [0.15, 0.2) is 0 Å². The molecule has 2 unspecified atom stereocenters. The number of hydrogen-bond acceptors (Lipinski definition) is 7. The molecular formula is C38H41Cl2F3N6O4. The van der Waals surface area contributed by atoms with Gasteiger partial charge in [-0.05, 0) is 112 Å². The Bertz CT molecular complexity index is 1810. The molecule has 0 radical (unpaired) electrons. The summed E-state index contributed by atoms with van der Waals surface area (Å²) in [5.74, 6) is -1.22. The Morgan fingerprint density at radius 1 is 0.887 bits per heavy atom. The average Bonchev–Trinajstić information content (AvgIpc) is 3.55. The van der Waals surface area contributed by atoms with Crippen molar-refractivity contribution in [2.75, 3.05) is 39.3 Å². The second-order valence-corrected chi connectivity index (χ2v) is 14.1. The van der Waals surface area contributed by atoms with Gasteiger partial charge in [0.05, 0.1) is 30.3 Å². The third-order valence-corrected chi connectivity index (χ3v) is 10.3. The molecule has 10 nitrogen and oxygen atoms in total. The Morgan fingerprint density at radius 3 is 2.06 bits per heavy atom. The molecule has 0 bridgehead atoms. The van der Waals surface area contributed by atoms with Gasteiger partial charge < -0.3 is 20.7 Å². The highest BCUT2D eigenvalue weighted by Crippen LogP contribution is 2.46. The van der Waals surface area contributed by atoms with Crippen molar-refractivity contribution in [3.63, 3.8) is 0 Å². The zero-order valence-corrected chi connectivity index (χ0v) is 30.6. The van der Waals surface area contributed by atoms with Gasteiger partial charge in [-0.2, -0.15) is 13.2 Å². The van der Waals surface area contributed by atoms with Gasteiger partial charge >= 0.3 is 12.2 Å². The van der Waals surface area contributed by atoms with Gasteiger partial charge in [-0.1, -0.05) is 47.5 Å². The van der Waals surface area contributed by atoms with E-state index in [-0.39, 0.29) is 35.6 Å². The Kier molecular flexibility index (Phi) is 12.3. The van der Waals surface area contributed by atoms with E-state index in [0.29, 0.717) is 73.0 Å². The predicted octanol–water partition coefficient (Wildman–Crippen LogP) is 6.77. The van der Waals surface area contributed by atoms with Gasteiger partial charge in [0.1, 0.15) is 17.6 Å². The number of rotatable bonds is 9. The summed E-state index contributed by atoms with van der Waals surface area (Å²) in [5, 5.41) is 10.2. The Morgan fingerprint density at radius 2 is 1.47 bits per heavy atom. The lowest BCUT2D eigenvalue weighted by molar-refractivity contribution is -0.137. The van der Waals surface area contributed by atoms with Crippen molar-refractivity contribution in [2.24, 2.45) is 10.9 Å². The molecule has 2 saturated heterocycles. The minimum atomic E-state index is -4.66. The molecule has 53 heavy (non-hydrogen) atoms. The fourth-order valence-electron chi connectivity index (χ4n) is 7.14. The van der Waals surface area contributed by atoms with Gasteiger partial charge in [0, 0.05) is 22.0 Å². The van der Waals surface area contributed by atoms with E-state index < -0.39 is 48.3 Å². The first-order chi connectivity index (χ1) is 25.5. The fourth-order valence-corrected chi connectivity index (χ4v) is 7.39. The summed E-state index contributed by atoms with van der Waals surface area (Å²) in [6.45, 7) is 3.75. The van der Waals surface area contributed by atoms with Crippen molar-refractivity contribution in [1.82, 2.24) is 25.8 Å². The molecule has 3 aliphatic heterocycles. The van der Waals surface area contributed by atoms with E-state index in [0.717, 1.165) is 12.1 Å².